The lowest BCUT2D eigenvalue weighted by Crippen LogP contribution is -2.50. The van der Waals surface area contributed by atoms with Gasteiger partial charge in [0.05, 0.1) is 13.5 Å². The van der Waals surface area contributed by atoms with E-state index < -0.39 is 23.2 Å². The molecule has 132 valence electrons. The zero-order valence-corrected chi connectivity index (χ0v) is 14.3. The van der Waals surface area contributed by atoms with Crippen molar-refractivity contribution in [2.75, 3.05) is 7.11 Å². The van der Waals surface area contributed by atoms with Gasteiger partial charge in [0.25, 0.3) is 0 Å². The smallest absolute Gasteiger partial charge is 0.333 e. The fourth-order valence-corrected chi connectivity index (χ4v) is 2.52. The standard InChI is InChI=1S/C19H20FNO4/c1-12-4-5-13(10-16(12)25-3)11-17(22)21-19(2,18(23)24)14-6-8-15(20)9-7-14/h4-10H,11H2,1-3H3,(H,21,22)(H,23,24). The van der Waals surface area contributed by atoms with Crippen molar-refractivity contribution < 1.29 is 23.8 Å². The van der Waals surface area contributed by atoms with Gasteiger partial charge < -0.3 is 15.2 Å². The van der Waals surface area contributed by atoms with E-state index in [1.54, 1.807) is 19.2 Å². The lowest BCUT2D eigenvalue weighted by atomic mass is 9.91. The molecule has 0 spiro atoms. The van der Waals surface area contributed by atoms with Crippen LogP contribution in [-0.2, 0) is 21.5 Å². The highest BCUT2D eigenvalue weighted by Crippen LogP contribution is 2.23. The van der Waals surface area contributed by atoms with Crippen molar-refractivity contribution in [3.63, 3.8) is 0 Å². The molecule has 2 N–H and O–H groups in total. The van der Waals surface area contributed by atoms with E-state index in [9.17, 15) is 19.1 Å². The van der Waals surface area contributed by atoms with Crippen LogP contribution in [0.3, 0.4) is 0 Å². The number of methoxy groups -OCH3 is 1. The number of carboxylic acid groups (broad SMARTS) is 1. The molecule has 0 aliphatic heterocycles. The number of benzene rings is 2. The van der Waals surface area contributed by atoms with Crippen molar-refractivity contribution in [2.24, 2.45) is 0 Å². The zero-order chi connectivity index (χ0) is 18.6. The third kappa shape index (κ3) is 4.15. The van der Waals surface area contributed by atoms with Gasteiger partial charge in [-0.15, -0.1) is 0 Å². The maximum absolute atomic E-state index is 13.1. The van der Waals surface area contributed by atoms with E-state index in [2.05, 4.69) is 5.32 Å². The van der Waals surface area contributed by atoms with Gasteiger partial charge in [0.2, 0.25) is 5.91 Å². The van der Waals surface area contributed by atoms with E-state index in [-0.39, 0.29) is 12.0 Å². The quantitative estimate of drug-likeness (QED) is 0.844. The lowest BCUT2D eigenvalue weighted by molar-refractivity contribution is -0.147. The molecule has 25 heavy (non-hydrogen) atoms. The molecule has 0 bridgehead atoms. The minimum Gasteiger partial charge on any atom is -0.496 e. The molecule has 6 heteroatoms. The van der Waals surface area contributed by atoms with Gasteiger partial charge in [-0.05, 0) is 48.7 Å². The molecule has 0 fully saturated rings. The molecule has 0 saturated heterocycles. The molecule has 0 radical (unpaired) electrons. The van der Waals surface area contributed by atoms with E-state index in [0.29, 0.717) is 11.3 Å². The van der Waals surface area contributed by atoms with E-state index in [0.717, 1.165) is 17.7 Å². The molecular weight excluding hydrogens is 325 g/mol. The maximum Gasteiger partial charge on any atom is 0.333 e. The van der Waals surface area contributed by atoms with Crippen LogP contribution < -0.4 is 10.1 Å². The molecule has 2 rings (SSSR count). The fourth-order valence-electron chi connectivity index (χ4n) is 2.52. The monoisotopic (exact) mass is 345 g/mol. The summed E-state index contributed by atoms with van der Waals surface area (Å²) in [4.78, 5) is 24.1. The highest BCUT2D eigenvalue weighted by Gasteiger charge is 2.36. The Labute approximate surface area is 145 Å². The van der Waals surface area contributed by atoms with Crippen LogP contribution in [0.4, 0.5) is 4.39 Å². The molecule has 1 amide bonds. The molecule has 0 aliphatic rings. The van der Waals surface area contributed by atoms with Crippen LogP contribution >= 0.6 is 0 Å². The SMILES string of the molecule is COc1cc(CC(=O)NC(C)(C(=O)O)c2ccc(F)cc2)ccc1C. The normalized spacial score (nSPS) is 13.0. The van der Waals surface area contributed by atoms with Crippen molar-refractivity contribution in [3.05, 3.63) is 65.0 Å². The summed E-state index contributed by atoms with van der Waals surface area (Å²) in [5, 5.41) is 12.1. The number of carboxylic acids is 1. The molecule has 2 aromatic carbocycles. The topological polar surface area (TPSA) is 75.6 Å². The summed E-state index contributed by atoms with van der Waals surface area (Å²) in [5.41, 5.74) is 0.274. The molecule has 0 aromatic heterocycles. The van der Waals surface area contributed by atoms with Crippen LogP contribution in [0.25, 0.3) is 0 Å². The summed E-state index contributed by atoms with van der Waals surface area (Å²) < 4.78 is 18.3. The van der Waals surface area contributed by atoms with Gasteiger partial charge in [-0.1, -0.05) is 24.3 Å². The summed E-state index contributed by atoms with van der Waals surface area (Å²) in [6, 6.07) is 10.4. The number of hydrogen-bond acceptors (Lipinski definition) is 3. The molecule has 5 nitrogen and oxygen atoms in total. The van der Waals surface area contributed by atoms with Crippen LogP contribution in [-0.4, -0.2) is 24.1 Å². The Kier molecular flexibility index (Phi) is 5.41. The summed E-state index contributed by atoms with van der Waals surface area (Å²) in [7, 11) is 1.54. The second-order valence-corrected chi connectivity index (χ2v) is 5.97. The van der Waals surface area contributed by atoms with Crippen molar-refractivity contribution in [1.82, 2.24) is 5.32 Å². The van der Waals surface area contributed by atoms with Crippen LogP contribution in [0.2, 0.25) is 0 Å². The number of carbonyl (C=O) groups excluding carboxylic acids is 1. The number of carbonyl (C=O) groups is 2. The Morgan fingerprint density at radius 2 is 1.84 bits per heavy atom. The van der Waals surface area contributed by atoms with Crippen LogP contribution in [0, 0.1) is 12.7 Å². The van der Waals surface area contributed by atoms with Crippen LogP contribution in [0.15, 0.2) is 42.5 Å². The van der Waals surface area contributed by atoms with E-state index >= 15 is 0 Å². The van der Waals surface area contributed by atoms with Gasteiger partial charge in [0, 0.05) is 0 Å². The Morgan fingerprint density at radius 3 is 2.40 bits per heavy atom. The van der Waals surface area contributed by atoms with Crippen LogP contribution in [0.1, 0.15) is 23.6 Å². The Balaban J connectivity index is 2.21. The minimum atomic E-state index is -1.65. The number of amides is 1. The number of ether oxygens (including phenoxy) is 1. The third-order valence-electron chi connectivity index (χ3n) is 4.08. The lowest BCUT2D eigenvalue weighted by Gasteiger charge is -2.27. The minimum absolute atomic E-state index is 0.000699. The Bertz CT molecular complexity index is 789. The molecule has 1 atom stereocenters. The van der Waals surface area contributed by atoms with Crippen LogP contribution in [0.5, 0.6) is 5.75 Å². The first-order valence-electron chi connectivity index (χ1n) is 7.70. The van der Waals surface area contributed by atoms with Gasteiger partial charge in [0.1, 0.15) is 11.6 Å². The highest BCUT2D eigenvalue weighted by molar-refractivity contribution is 5.88. The predicted octanol–water partition coefficient (Wildman–Crippen LogP) is 2.80. The number of aliphatic carboxylic acids is 1. The van der Waals surface area contributed by atoms with Crippen molar-refractivity contribution in [3.8, 4) is 5.75 Å². The largest absolute Gasteiger partial charge is 0.496 e. The van der Waals surface area contributed by atoms with E-state index in [1.807, 2.05) is 13.0 Å². The zero-order valence-electron chi connectivity index (χ0n) is 14.3. The van der Waals surface area contributed by atoms with E-state index in [4.69, 9.17) is 4.74 Å². The number of aryl methyl sites for hydroxylation is 1. The van der Waals surface area contributed by atoms with E-state index in [1.165, 1.54) is 19.1 Å². The molecule has 0 saturated carbocycles. The van der Waals surface area contributed by atoms with Gasteiger partial charge in [0.15, 0.2) is 5.54 Å². The predicted molar refractivity (Wildman–Crippen MR) is 91.0 cm³/mol. The first-order chi connectivity index (χ1) is 11.8. The third-order valence-corrected chi connectivity index (χ3v) is 4.08. The number of halogens is 1. The van der Waals surface area contributed by atoms with Gasteiger partial charge >= 0.3 is 5.97 Å². The van der Waals surface area contributed by atoms with Gasteiger partial charge in [-0.25, -0.2) is 9.18 Å². The van der Waals surface area contributed by atoms with Gasteiger partial charge in [-0.2, -0.15) is 0 Å². The average Bonchev–Trinajstić information content (AvgIpc) is 2.56. The molecule has 2 aromatic rings. The summed E-state index contributed by atoms with van der Waals surface area (Å²) >= 11 is 0. The molecule has 0 heterocycles. The molecule has 0 aliphatic carbocycles. The Morgan fingerprint density at radius 1 is 1.20 bits per heavy atom. The first-order valence-corrected chi connectivity index (χ1v) is 7.70. The van der Waals surface area contributed by atoms with Crippen molar-refractivity contribution >= 4 is 11.9 Å². The number of nitrogens with one attached hydrogen (secondary N) is 1. The second-order valence-electron chi connectivity index (χ2n) is 5.97. The first kappa shape index (κ1) is 18.4. The van der Waals surface area contributed by atoms with Crippen molar-refractivity contribution in [1.29, 1.82) is 0 Å². The highest BCUT2D eigenvalue weighted by atomic mass is 19.1. The molecular formula is C19H20FNO4. The van der Waals surface area contributed by atoms with Crippen molar-refractivity contribution in [2.45, 2.75) is 25.8 Å². The fraction of sp³-hybridized carbons (Fsp3) is 0.263. The number of rotatable bonds is 6. The summed E-state index contributed by atoms with van der Waals surface area (Å²) in [6.07, 6.45) is 0.000699. The number of hydrogen-bond donors (Lipinski definition) is 2. The molecule has 1 unspecified atom stereocenters. The average molecular weight is 345 g/mol. The maximum atomic E-state index is 13.1. The van der Waals surface area contributed by atoms with Gasteiger partial charge in [-0.3, -0.25) is 4.79 Å². The Hall–Kier alpha value is -2.89. The summed E-state index contributed by atoms with van der Waals surface area (Å²) in [6.45, 7) is 3.26. The summed E-state index contributed by atoms with van der Waals surface area (Å²) in [5.74, 6) is -1.51. The second kappa shape index (κ2) is 7.34.